The highest BCUT2D eigenvalue weighted by Crippen LogP contribution is 2.28. The highest BCUT2D eigenvalue weighted by molar-refractivity contribution is 6.42. The lowest BCUT2D eigenvalue weighted by Gasteiger charge is -2.21. The molecule has 0 spiro atoms. The number of halogens is 2. The fourth-order valence-electron chi connectivity index (χ4n) is 3.27. The SMILES string of the molecule is O=C(COc1ccc(Cl)c(Cl)c1)N1CC[C@@H]2CNC[C@@H]2CC1. The predicted molar refractivity (Wildman–Crippen MR) is 87.6 cm³/mol. The van der Waals surface area contributed by atoms with Gasteiger partial charge in [0.1, 0.15) is 5.75 Å². The van der Waals surface area contributed by atoms with Gasteiger partial charge in [0.2, 0.25) is 0 Å². The van der Waals surface area contributed by atoms with E-state index in [1.807, 2.05) is 4.90 Å². The number of hydrogen-bond acceptors (Lipinski definition) is 3. The van der Waals surface area contributed by atoms with E-state index >= 15 is 0 Å². The van der Waals surface area contributed by atoms with E-state index in [1.54, 1.807) is 18.2 Å². The van der Waals surface area contributed by atoms with Crippen molar-refractivity contribution in [1.82, 2.24) is 10.2 Å². The Labute approximate surface area is 140 Å². The summed E-state index contributed by atoms with van der Waals surface area (Å²) >= 11 is 11.8. The van der Waals surface area contributed by atoms with Crippen molar-refractivity contribution >= 4 is 29.1 Å². The van der Waals surface area contributed by atoms with Crippen LogP contribution in [0.3, 0.4) is 0 Å². The molecular weight excluding hydrogens is 323 g/mol. The van der Waals surface area contributed by atoms with Gasteiger partial charge in [-0.05, 0) is 49.9 Å². The molecule has 2 atom stereocenters. The molecule has 0 bridgehead atoms. The third kappa shape index (κ3) is 3.67. The number of benzene rings is 1. The first-order valence-electron chi connectivity index (χ1n) is 7.70. The van der Waals surface area contributed by atoms with E-state index < -0.39 is 0 Å². The van der Waals surface area contributed by atoms with Crippen molar-refractivity contribution in [1.29, 1.82) is 0 Å². The van der Waals surface area contributed by atoms with Gasteiger partial charge >= 0.3 is 0 Å². The lowest BCUT2D eigenvalue weighted by Crippen LogP contribution is -2.36. The fourth-order valence-corrected chi connectivity index (χ4v) is 3.56. The van der Waals surface area contributed by atoms with Crippen molar-refractivity contribution in [2.75, 3.05) is 32.8 Å². The van der Waals surface area contributed by atoms with Crippen LogP contribution >= 0.6 is 23.2 Å². The van der Waals surface area contributed by atoms with E-state index in [9.17, 15) is 4.79 Å². The summed E-state index contributed by atoms with van der Waals surface area (Å²) in [6, 6.07) is 5.03. The first-order valence-corrected chi connectivity index (χ1v) is 8.45. The van der Waals surface area contributed by atoms with Crippen LogP contribution in [0.15, 0.2) is 18.2 Å². The summed E-state index contributed by atoms with van der Waals surface area (Å²) in [6.07, 6.45) is 2.16. The zero-order valence-electron chi connectivity index (χ0n) is 12.4. The van der Waals surface area contributed by atoms with Crippen LogP contribution < -0.4 is 10.1 Å². The minimum Gasteiger partial charge on any atom is -0.484 e. The van der Waals surface area contributed by atoms with Crippen molar-refractivity contribution < 1.29 is 9.53 Å². The average Bonchev–Trinajstić information content (AvgIpc) is 2.87. The molecule has 6 heteroatoms. The Kier molecular flexibility index (Phi) is 5.11. The number of nitrogens with zero attached hydrogens (tertiary/aromatic N) is 1. The number of rotatable bonds is 3. The number of amides is 1. The van der Waals surface area contributed by atoms with Crippen LogP contribution in [-0.2, 0) is 4.79 Å². The van der Waals surface area contributed by atoms with Crippen molar-refractivity contribution in [2.45, 2.75) is 12.8 Å². The Balaban J connectivity index is 1.52. The lowest BCUT2D eigenvalue weighted by molar-refractivity contribution is -0.133. The normalized spacial score (nSPS) is 24.7. The van der Waals surface area contributed by atoms with Crippen molar-refractivity contribution in [3.63, 3.8) is 0 Å². The highest BCUT2D eigenvalue weighted by atomic mass is 35.5. The second-order valence-corrected chi connectivity index (χ2v) is 6.82. The third-order valence-corrected chi connectivity index (χ3v) is 5.36. The number of ether oxygens (including phenoxy) is 1. The molecule has 0 aromatic heterocycles. The number of likely N-dealkylation sites (tertiary alicyclic amines) is 1. The molecular formula is C16H20Cl2N2O2. The minimum absolute atomic E-state index is 0.0407. The number of nitrogens with one attached hydrogen (secondary N) is 1. The minimum atomic E-state index is 0.0407. The number of carbonyl (C=O) groups is 1. The first-order chi connectivity index (χ1) is 10.6. The molecule has 0 saturated carbocycles. The van der Waals surface area contributed by atoms with Crippen molar-refractivity contribution in [3.8, 4) is 5.75 Å². The van der Waals surface area contributed by atoms with Crippen LogP contribution in [0.1, 0.15) is 12.8 Å². The summed E-state index contributed by atoms with van der Waals surface area (Å²) < 4.78 is 5.55. The van der Waals surface area contributed by atoms with E-state index in [0.29, 0.717) is 27.6 Å². The van der Waals surface area contributed by atoms with E-state index in [2.05, 4.69) is 5.32 Å². The summed E-state index contributed by atoms with van der Waals surface area (Å²) in [7, 11) is 0. The van der Waals surface area contributed by atoms with Crippen molar-refractivity contribution in [3.05, 3.63) is 28.2 Å². The van der Waals surface area contributed by atoms with E-state index in [4.69, 9.17) is 27.9 Å². The highest BCUT2D eigenvalue weighted by Gasteiger charge is 2.31. The van der Waals surface area contributed by atoms with Crippen LogP contribution in [0.5, 0.6) is 5.75 Å². The molecule has 2 saturated heterocycles. The molecule has 2 aliphatic heterocycles. The zero-order chi connectivity index (χ0) is 15.5. The Morgan fingerprint density at radius 3 is 2.50 bits per heavy atom. The van der Waals surface area contributed by atoms with E-state index in [-0.39, 0.29) is 12.5 Å². The smallest absolute Gasteiger partial charge is 0.260 e. The third-order valence-electron chi connectivity index (χ3n) is 4.63. The molecule has 2 aliphatic rings. The lowest BCUT2D eigenvalue weighted by atomic mass is 9.92. The van der Waals surface area contributed by atoms with Gasteiger partial charge in [0.05, 0.1) is 10.0 Å². The molecule has 22 heavy (non-hydrogen) atoms. The van der Waals surface area contributed by atoms with Gasteiger partial charge in [-0.25, -0.2) is 0 Å². The van der Waals surface area contributed by atoms with Gasteiger partial charge in [-0.1, -0.05) is 23.2 Å². The molecule has 1 aromatic rings. The number of carbonyl (C=O) groups excluding carboxylic acids is 1. The molecule has 0 unspecified atom stereocenters. The second kappa shape index (κ2) is 7.07. The fraction of sp³-hybridized carbons (Fsp3) is 0.562. The summed E-state index contributed by atoms with van der Waals surface area (Å²) in [5.41, 5.74) is 0. The van der Waals surface area contributed by atoms with Gasteiger partial charge < -0.3 is 15.0 Å². The Hall–Kier alpha value is -0.970. The molecule has 1 aromatic carbocycles. The monoisotopic (exact) mass is 342 g/mol. The average molecular weight is 343 g/mol. The molecule has 0 radical (unpaired) electrons. The van der Waals surface area contributed by atoms with Crippen LogP contribution in [0.4, 0.5) is 0 Å². The Morgan fingerprint density at radius 1 is 1.18 bits per heavy atom. The molecule has 3 rings (SSSR count). The summed E-state index contributed by atoms with van der Waals surface area (Å²) in [6.45, 7) is 3.88. The van der Waals surface area contributed by atoms with Gasteiger partial charge in [-0.2, -0.15) is 0 Å². The summed E-state index contributed by atoms with van der Waals surface area (Å²) in [4.78, 5) is 14.2. The predicted octanol–water partition coefficient (Wildman–Crippen LogP) is 2.83. The van der Waals surface area contributed by atoms with Crippen molar-refractivity contribution in [2.24, 2.45) is 11.8 Å². The van der Waals surface area contributed by atoms with E-state index in [0.717, 1.165) is 39.0 Å². The maximum atomic E-state index is 12.3. The molecule has 1 amide bonds. The standard InChI is InChI=1S/C16H20Cl2N2O2/c17-14-2-1-13(7-15(14)18)22-10-16(21)20-5-3-11-8-19-9-12(11)4-6-20/h1-2,7,11-12,19H,3-6,8-10H2/t11-,12+. The van der Waals surface area contributed by atoms with Gasteiger partial charge in [-0.3, -0.25) is 4.79 Å². The molecule has 0 aliphatic carbocycles. The van der Waals surface area contributed by atoms with Gasteiger partial charge in [0, 0.05) is 19.2 Å². The van der Waals surface area contributed by atoms with Crippen LogP contribution in [-0.4, -0.2) is 43.6 Å². The Morgan fingerprint density at radius 2 is 1.86 bits per heavy atom. The quantitative estimate of drug-likeness (QED) is 0.918. The van der Waals surface area contributed by atoms with Crippen LogP contribution in [0.2, 0.25) is 10.0 Å². The van der Waals surface area contributed by atoms with Crippen LogP contribution in [0, 0.1) is 11.8 Å². The zero-order valence-corrected chi connectivity index (χ0v) is 13.9. The molecule has 1 N–H and O–H groups in total. The maximum Gasteiger partial charge on any atom is 0.260 e. The Bertz CT molecular complexity index is 539. The van der Waals surface area contributed by atoms with E-state index in [1.165, 1.54) is 0 Å². The van der Waals surface area contributed by atoms with Gasteiger partial charge in [0.15, 0.2) is 6.61 Å². The summed E-state index contributed by atoms with van der Waals surface area (Å²) in [5, 5.41) is 4.35. The second-order valence-electron chi connectivity index (χ2n) is 6.00. The molecule has 2 fully saturated rings. The maximum absolute atomic E-state index is 12.3. The number of hydrogen-bond donors (Lipinski definition) is 1. The molecule has 120 valence electrons. The number of fused-ring (bicyclic) bond motifs is 1. The van der Waals surface area contributed by atoms with Gasteiger partial charge in [-0.15, -0.1) is 0 Å². The summed E-state index contributed by atoms with van der Waals surface area (Å²) in [5.74, 6) is 2.04. The largest absolute Gasteiger partial charge is 0.484 e. The van der Waals surface area contributed by atoms with Gasteiger partial charge in [0.25, 0.3) is 5.91 Å². The topological polar surface area (TPSA) is 41.6 Å². The van der Waals surface area contributed by atoms with Crippen LogP contribution in [0.25, 0.3) is 0 Å². The molecule has 4 nitrogen and oxygen atoms in total. The first kappa shape index (κ1) is 15.9. The molecule has 2 heterocycles.